The van der Waals surface area contributed by atoms with E-state index in [4.69, 9.17) is 22.7 Å². The number of hydrogen-bond donors (Lipinski definition) is 2. The second-order valence-corrected chi connectivity index (χ2v) is 5.74. The Morgan fingerprint density at radius 1 is 1.38 bits per heavy atom. The van der Waals surface area contributed by atoms with Crippen LogP contribution >= 0.6 is 23.6 Å². The summed E-state index contributed by atoms with van der Waals surface area (Å²) in [5.41, 5.74) is 7.38. The predicted octanol–water partition coefficient (Wildman–Crippen LogP) is 2.64. The normalized spacial score (nSPS) is 11.7. The van der Waals surface area contributed by atoms with Crippen molar-refractivity contribution in [3.8, 4) is 5.75 Å². The van der Waals surface area contributed by atoms with Crippen LogP contribution in [0.25, 0.3) is 0 Å². The van der Waals surface area contributed by atoms with Gasteiger partial charge in [0.25, 0.3) is 5.91 Å². The van der Waals surface area contributed by atoms with Gasteiger partial charge in [-0.3, -0.25) is 4.79 Å². The SMILES string of the molecule is CC(NC(=O)COc1ccc(C(N)=S)cc1)c1ccsc1. The summed E-state index contributed by atoms with van der Waals surface area (Å²) >= 11 is 6.48. The van der Waals surface area contributed by atoms with Crippen LogP contribution in [-0.4, -0.2) is 17.5 Å². The number of carbonyl (C=O) groups is 1. The lowest BCUT2D eigenvalue weighted by atomic mass is 10.2. The second kappa shape index (κ2) is 7.19. The van der Waals surface area contributed by atoms with Gasteiger partial charge >= 0.3 is 0 Å². The average Bonchev–Trinajstić information content (AvgIpc) is 3.00. The van der Waals surface area contributed by atoms with Gasteiger partial charge < -0.3 is 15.8 Å². The lowest BCUT2D eigenvalue weighted by Crippen LogP contribution is -2.31. The van der Waals surface area contributed by atoms with Gasteiger partial charge in [0.15, 0.2) is 6.61 Å². The zero-order valence-corrected chi connectivity index (χ0v) is 13.2. The summed E-state index contributed by atoms with van der Waals surface area (Å²) in [5, 5.41) is 6.88. The van der Waals surface area contributed by atoms with E-state index in [0.717, 1.165) is 11.1 Å². The molecule has 2 rings (SSSR count). The average molecular weight is 320 g/mol. The van der Waals surface area contributed by atoms with Crippen molar-refractivity contribution in [1.82, 2.24) is 5.32 Å². The molecule has 1 aromatic carbocycles. The van der Waals surface area contributed by atoms with E-state index in [2.05, 4.69) is 5.32 Å². The summed E-state index contributed by atoms with van der Waals surface area (Å²) in [7, 11) is 0. The summed E-state index contributed by atoms with van der Waals surface area (Å²) in [4.78, 5) is 12.2. The maximum Gasteiger partial charge on any atom is 0.258 e. The van der Waals surface area contributed by atoms with Crippen molar-refractivity contribution in [2.45, 2.75) is 13.0 Å². The molecule has 0 aliphatic heterocycles. The van der Waals surface area contributed by atoms with E-state index >= 15 is 0 Å². The van der Waals surface area contributed by atoms with Gasteiger partial charge in [0, 0.05) is 5.56 Å². The summed E-state index contributed by atoms with van der Waals surface area (Å²) in [6.07, 6.45) is 0. The molecule has 0 spiro atoms. The van der Waals surface area contributed by atoms with Crippen LogP contribution in [0.5, 0.6) is 5.75 Å². The van der Waals surface area contributed by atoms with Crippen LogP contribution in [0.4, 0.5) is 0 Å². The third-order valence-corrected chi connectivity index (χ3v) is 3.87. The third kappa shape index (κ3) is 4.54. The van der Waals surface area contributed by atoms with Crippen molar-refractivity contribution in [1.29, 1.82) is 0 Å². The topological polar surface area (TPSA) is 64.3 Å². The maximum absolute atomic E-state index is 11.8. The minimum Gasteiger partial charge on any atom is -0.484 e. The van der Waals surface area contributed by atoms with Gasteiger partial charge in [-0.1, -0.05) is 12.2 Å². The van der Waals surface area contributed by atoms with Crippen molar-refractivity contribution in [2.24, 2.45) is 5.73 Å². The third-order valence-electron chi connectivity index (χ3n) is 2.93. The van der Waals surface area contributed by atoms with E-state index in [1.807, 2.05) is 23.8 Å². The van der Waals surface area contributed by atoms with Crippen LogP contribution < -0.4 is 15.8 Å². The summed E-state index contributed by atoms with van der Waals surface area (Å²) < 4.78 is 5.43. The van der Waals surface area contributed by atoms with Gasteiger partial charge in [-0.05, 0) is 53.6 Å². The molecular formula is C15H16N2O2S2. The van der Waals surface area contributed by atoms with Gasteiger partial charge in [-0.15, -0.1) is 0 Å². The number of ether oxygens (including phenoxy) is 1. The Morgan fingerprint density at radius 3 is 2.67 bits per heavy atom. The Bertz CT molecular complexity index is 609. The highest BCUT2D eigenvalue weighted by atomic mass is 32.1. The fraction of sp³-hybridized carbons (Fsp3) is 0.200. The van der Waals surface area contributed by atoms with Crippen LogP contribution in [0.2, 0.25) is 0 Å². The minimum atomic E-state index is -0.160. The molecule has 21 heavy (non-hydrogen) atoms. The first kappa shape index (κ1) is 15.5. The Balaban J connectivity index is 1.82. The largest absolute Gasteiger partial charge is 0.484 e. The first-order valence-electron chi connectivity index (χ1n) is 6.40. The Kier molecular flexibility index (Phi) is 5.30. The van der Waals surface area contributed by atoms with Crippen molar-refractivity contribution in [3.63, 3.8) is 0 Å². The Labute approximate surface area is 132 Å². The highest BCUT2D eigenvalue weighted by molar-refractivity contribution is 7.80. The molecule has 1 heterocycles. The number of thiocarbonyl (C=S) groups is 1. The first-order valence-corrected chi connectivity index (χ1v) is 7.75. The van der Waals surface area contributed by atoms with Crippen LogP contribution in [0.3, 0.4) is 0 Å². The highest BCUT2D eigenvalue weighted by Crippen LogP contribution is 2.16. The fourth-order valence-corrected chi connectivity index (χ4v) is 2.64. The molecule has 1 aromatic heterocycles. The number of nitrogens with one attached hydrogen (secondary N) is 1. The zero-order chi connectivity index (χ0) is 15.2. The molecule has 0 radical (unpaired) electrons. The second-order valence-electron chi connectivity index (χ2n) is 4.52. The lowest BCUT2D eigenvalue weighted by Gasteiger charge is -2.13. The molecule has 0 bridgehead atoms. The van der Waals surface area contributed by atoms with Crippen LogP contribution in [0.15, 0.2) is 41.1 Å². The molecule has 2 aromatic rings. The molecule has 3 N–H and O–H groups in total. The molecule has 6 heteroatoms. The van der Waals surface area contributed by atoms with Gasteiger partial charge in [-0.2, -0.15) is 11.3 Å². The number of nitrogens with two attached hydrogens (primary N) is 1. The van der Waals surface area contributed by atoms with Crippen LogP contribution in [-0.2, 0) is 4.79 Å². The molecule has 0 aliphatic rings. The molecule has 1 amide bonds. The van der Waals surface area contributed by atoms with Crippen molar-refractivity contribution < 1.29 is 9.53 Å². The molecule has 1 atom stereocenters. The Morgan fingerprint density at radius 2 is 2.10 bits per heavy atom. The van der Waals surface area contributed by atoms with E-state index in [-0.39, 0.29) is 18.6 Å². The number of rotatable bonds is 6. The van der Waals surface area contributed by atoms with E-state index < -0.39 is 0 Å². The highest BCUT2D eigenvalue weighted by Gasteiger charge is 2.10. The molecular weight excluding hydrogens is 304 g/mol. The van der Waals surface area contributed by atoms with Crippen LogP contribution in [0.1, 0.15) is 24.1 Å². The van der Waals surface area contributed by atoms with Gasteiger partial charge in [0.05, 0.1) is 6.04 Å². The Hall–Kier alpha value is -1.92. The van der Waals surface area contributed by atoms with Gasteiger partial charge in [0.2, 0.25) is 0 Å². The molecule has 0 saturated heterocycles. The maximum atomic E-state index is 11.8. The smallest absolute Gasteiger partial charge is 0.258 e. The quantitative estimate of drug-likeness (QED) is 0.803. The van der Waals surface area contributed by atoms with E-state index in [0.29, 0.717) is 10.7 Å². The summed E-state index contributed by atoms with van der Waals surface area (Å²) in [5.74, 6) is 0.445. The van der Waals surface area contributed by atoms with E-state index in [9.17, 15) is 4.79 Å². The molecule has 0 saturated carbocycles. The number of thiophene rings is 1. The molecule has 0 aliphatic carbocycles. The van der Waals surface area contributed by atoms with Crippen molar-refractivity contribution in [3.05, 3.63) is 52.2 Å². The number of benzene rings is 1. The van der Waals surface area contributed by atoms with E-state index in [1.165, 1.54) is 0 Å². The number of amides is 1. The molecule has 110 valence electrons. The predicted molar refractivity (Wildman–Crippen MR) is 88.7 cm³/mol. The molecule has 1 unspecified atom stereocenters. The summed E-state index contributed by atoms with van der Waals surface area (Å²) in [6, 6.07) is 8.98. The first-order chi connectivity index (χ1) is 10.1. The monoisotopic (exact) mass is 320 g/mol. The zero-order valence-electron chi connectivity index (χ0n) is 11.5. The summed E-state index contributed by atoms with van der Waals surface area (Å²) in [6.45, 7) is 1.91. The molecule has 4 nitrogen and oxygen atoms in total. The minimum absolute atomic E-state index is 0.0238. The number of hydrogen-bond acceptors (Lipinski definition) is 4. The molecule has 0 fully saturated rings. The number of carbonyl (C=O) groups excluding carboxylic acids is 1. The fourth-order valence-electron chi connectivity index (χ4n) is 1.75. The van der Waals surface area contributed by atoms with E-state index in [1.54, 1.807) is 35.6 Å². The van der Waals surface area contributed by atoms with Crippen molar-refractivity contribution >= 4 is 34.5 Å². The van der Waals surface area contributed by atoms with Crippen molar-refractivity contribution in [2.75, 3.05) is 6.61 Å². The van der Waals surface area contributed by atoms with Gasteiger partial charge in [-0.25, -0.2) is 0 Å². The van der Waals surface area contributed by atoms with Gasteiger partial charge in [0.1, 0.15) is 10.7 Å². The van der Waals surface area contributed by atoms with Crippen LogP contribution in [0, 0.1) is 0 Å². The lowest BCUT2D eigenvalue weighted by molar-refractivity contribution is -0.123. The standard InChI is InChI=1S/C15H16N2O2S2/c1-10(12-6-7-21-9-12)17-14(18)8-19-13-4-2-11(3-5-13)15(16)20/h2-7,9-10H,8H2,1H3,(H2,16,20)(H,17,18).